The monoisotopic (exact) mass is 465 g/mol. The number of aliphatic hydroxyl groups excluding tert-OH is 1. The predicted octanol–water partition coefficient (Wildman–Crippen LogP) is 4.41. The van der Waals surface area contributed by atoms with Gasteiger partial charge in [0.25, 0.3) is 11.7 Å². The number of aromatic nitrogens is 1. The molecule has 1 aromatic heterocycles. The Morgan fingerprint density at radius 2 is 1.82 bits per heavy atom. The van der Waals surface area contributed by atoms with Gasteiger partial charge in [-0.25, -0.2) is 0 Å². The maximum Gasteiger partial charge on any atom is 0.295 e. The Labute approximate surface area is 202 Å². The van der Waals surface area contributed by atoms with Crippen LogP contribution in [-0.4, -0.2) is 64.4 Å². The standard InChI is InChI=1S/C27H35N3O4/c1-4-7-8-18-34-22-11-9-10-21(19-22)24-23(25(31)20-12-14-28-15-13-20)26(32)27(33)30(24)17-16-29(5-2)6-3/h9-15,19,24,31H,4-8,16-18H2,1-3H3/b25-23+. The second-order valence-corrected chi connectivity index (χ2v) is 8.38. The van der Waals surface area contributed by atoms with Crippen molar-refractivity contribution in [3.8, 4) is 5.75 Å². The number of benzene rings is 1. The Morgan fingerprint density at radius 1 is 1.09 bits per heavy atom. The first-order chi connectivity index (χ1) is 16.5. The van der Waals surface area contributed by atoms with E-state index in [9.17, 15) is 14.7 Å². The van der Waals surface area contributed by atoms with Crippen molar-refractivity contribution in [2.24, 2.45) is 0 Å². The second-order valence-electron chi connectivity index (χ2n) is 8.38. The van der Waals surface area contributed by atoms with E-state index >= 15 is 0 Å². The average Bonchev–Trinajstić information content (AvgIpc) is 3.12. The zero-order valence-electron chi connectivity index (χ0n) is 20.4. The number of rotatable bonds is 12. The minimum Gasteiger partial charge on any atom is -0.507 e. The highest BCUT2D eigenvalue weighted by atomic mass is 16.5. The number of ether oxygens (including phenoxy) is 1. The topological polar surface area (TPSA) is 83.0 Å². The molecule has 1 aliphatic heterocycles. The lowest BCUT2D eigenvalue weighted by Gasteiger charge is -2.28. The molecular formula is C27H35N3O4. The van der Waals surface area contributed by atoms with Crippen molar-refractivity contribution in [2.75, 3.05) is 32.8 Å². The van der Waals surface area contributed by atoms with Crippen LogP contribution in [0, 0.1) is 0 Å². The smallest absolute Gasteiger partial charge is 0.295 e. The van der Waals surface area contributed by atoms with Crippen LogP contribution in [0.15, 0.2) is 54.4 Å². The summed E-state index contributed by atoms with van der Waals surface area (Å²) in [6.45, 7) is 9.61. The fourth-order valence-corrected chi connectivity index (χ4v) is 4.23. The van der Waals surface area contributed by atoms with Crippen molar-refractivity contribution in [3.05, 3.63) is 65.5 Å². The molecule has 2 heterocycles. The van der Waals surface area contributed by atoms with Gasteiger partial charge in [0.1, 0.15) is 11.5 Å². The fourth-order valence-electron chi connectivity index (χ4n) is 4.23. The quantitative estimate of drug-likeness (QED) is 0.216. The number of hydrogen-bond donors (Lipinski definition) is 1. The first-order valence-electron chi connectivity index (χ1n) is 12.2. The van der Waals surface area contributed by atoms with Crippen molar-refractivity contribution >= 4 is 17.4 Å². The molecule has 1 amide bonds. The molecule has 7 nitrogen and oxygen atoms in total. The Balaban J connectivity index is 2.01. The van der Waals surface area contributed by atoms with Gasteiger partial charge in [-0.15, -0.1) is 0 Å². The molecule has 34 heavy (non-hydrogen) atoms. The minimum absolute atomic E-state index is 0.0962. The summed E-state index contributed by atoms with van der Waals surface area (Å²) < 4.78 is 5.93. The molecule has 1 atom stereocenters. The van der Waals surface area contributed by atoms with Crippen molar-refractivity contribution in [2.45, 2.75) is 46.1 Å². The van der Waals surface area contributed by atoms with Gasteiger partial charge in [0.05, 0.1) is 18.2 Å². The van der Waals surface area contributed by atoms with Crippen LogP contribution < -0.4 is 4.74 Å². The number of unbranched alkanes of at least 4 members (excludes halogenated alkanes) is 2. The van der Waals surface area contributed by atoms with Gasteiger partial charge >= 0.3 is 0 Å². The number of likely N-dealkylation sites (N-methyl/N-ethyl adjacent to an activating group) is 1. The maximum absolute atomic E-state index is 13.2. The zero-order chi connectivity index (χ0) is 24.5. The van der Waals surface area contributed by atoms with E-state index in [0.717, 1.165) is 37.9 Å². The summed E-state index contributed by atoms with van der Waals surface area (Å²) in [5, 5.41) is 11.1. The number of carbonyl (C=O) groups is 2. The average molecular weight is 466 g/mol. The number of amides is 1. The number of ketones is 1. The Hall–Kier alpha value is -3.19. The molecule has 1 N–H and O–H groups in total. The first kappa shape index (κ1) is 25.4. The Bertz CT molecular complexity index is 1000. The van der Waals surface area contributed by atoms with Gasteiger partial charge in [0, 0.05) is 31.0 Å². The fraction of sp³-hybridized carbons (Fsp3) is 0.444. The van der Waals surface area contributed by atoms with Crippen LogP contribution in [0.4, 0.5) is 0 Å². The lowest BCUT2D eigenvalue weighted by Crippen LogP contribution is -2.38. The van der Waals surface area contributed by atoms with E-state index in [4.69, 9.17) is 4.74 Å². The van der Waals surface area contributed by atoms with Crippen LogP contribution in [0.3, 0.4) is 0 Å². The summed E-state index contributed by atoms with van der Waals surface area (Å²) >= 11 is 0. The van der Waals surface area contributed by atoms with Gasteiger partial charge in [-0.05, 0) is 49.3 Å². The summed E-state index contributed by atoms with van der Waals surface area (Å²) in [5.41, 5.74) is 1.29. The van der Waals surface area contributed by atoms with Gasteiger partial charge in [-0.3, -0.25) is 14.6 Å². The number of pyridine rings is 1. The van der Waals surface area contributed by atoms with E-state index < -0.39 is 17.7 Å². The maximum atomic E-state index is 13.2. The molecule has 1 fully saturated rings. The number of nitrogens with zero attached hydrogens (tertiary/aromatic N) is 3. The number of Topliss-reactive ketones (excluding diaryl/α,β-unsaturated/α-hetero) is 1. The van der Waals surface area contributed by atoms with Crippen LogP contribution in [0.5, 0.6) is 5.75 Å². The highest BCUT2D eigenvalue weighted by Crippen LogP contribution is 2.40. The summed E-state index contributed by atoms with van der Waals surface area (Å²) in [6.07, 6.45) is 6.26. The summed E-state index contributed by atoms with van der Waals surface area (Å²) in [5.74, 6) is -0.771. The third-order valence-electron chi connectivity index (χ3n) is 6.24. The molecule has 0 aliphatic carbocycles. The molecule has 3 rings (SSSR count). The van der Waals surface area contributed by atoms with E-state index in [2.05, 4.69) is 30.7 Å². The summed E-state index contributed by atoms with van der Waals surface area (Å²) in [7, 11) is 0. The Morgan fingerprint density at radius 3 is 2.50 bits per heavy atom. The minimum atomic E-state index is -0.692. The predicted molar refractivity (Wildman–Crippen MR) is 132 cm³/mol. The number of aliphatic hydroxyl groups is 1. The number of likely N-dealkylation sites (tertiary alicyclic amines) is 1. The van der Waals surface area contributed by atoms with Crippen molar-refractivity contribution in [1.29, 1.82) is 0 Å². The van der Waals surface area contributed by atoms with Gasteiger partial charge in [0.15, 0.2) is 0 Å². The summed E-state index contributed by atoms with van der Waals surface area (Å²) in [6, 6.07) is 10.0. The molecule has 1 saturated heterocycles. The van der Waals surface area contributed by atoms with Crippen molar-refractivity contribution < 1.29 is 19.4 Å². The lowest BCUT2D eigenvalue weighted by atomic mass is 9.95. The molecule has 1 aliphatic rings. The zero-order valence-corrected chi connectivity index (χ0v) is 20.4. The number of carbonyl (C=O) groups excluding carboxylic acids is 2. The van der Waals surface area contributed by atoms with Crippen molar-refractivity contribution in [3.63, 3.8) is 0 Å². The van der Waals surface area contributed by atoms with Gasteiger partial charge in [-0.2, -0.15) is 0 Å². The molecule has 0 bridgehead atoms. The van der Waals surface area contributed by atoms with Crippen LogP contribution in [0.1, 0.15) is 57.2 Å². The molecule has 0 spiro atoms. The van der Waals surface area contributed by atoms with E-state index in [1.54, 1.807) is 29.4 Å². The van der Waals surface area contributed by atoms with E-state index in [-0.39, 0.29) is 11.3 Å². The summed E-state index contributed by atoms with van der Waals surface area (Å²) in [4.78, 5) is 34.0. The third-order valence-corrected chi connectivity index (χ3v) is 6.24. The van der Waals surface area contributed by atoms with Crippen LogP contribution in [0.2, 0.25) is 0 Å². The molecule has 7 heteroatoms. The van der Waals surface area contributed by atoms with Crippen molar-refractivity contribution in [1.82, 2.24) is 14.8 Å². The number of hydrogen-bond acceptors (Lipinski definition) is 6. The second kappa shape index (κ2) is 12.3. The normalized spacial score (nSPS) is 17.5. The first-order valence-corrected chi connectivity index (χ1v) is 12.2. The van der Waals surface area contributed by atoms with Crippen LogP contribution >= 0.6 is 0 Å². The molecule has 182 valence electrons. The highest BCUT2D eigenvalue weighted by Gasteiger charge is 2.46. The van der Waals surface area contributed by atoms with Gasteiger partial charge in [0.2, 0.25) is 0 Å². The third kappa shape index (κ3) is 5.83. The van der Waals surface area contributed by atoms with Gasteiger partial charge < -0.3 is 19.6 Å². The molecule has 1 aromatic carbocycles. The van der Waals surface area contributed by atoms with Crippen LogP contribution in [-0.2, 0) is 9.59 Å². The van der Waals surface area contributed by atoms with Crippen LogP contribution in [0.25, 0.3) is 5.76 Å². The Kier molecular flexibility index (Phi) is 9.22. The SMILES string of the molecule is CCCCCOc1cccc(C2/C(=C(\O)c3ccncc3)C(=O)C(=O)N2CCN(CC)CC)c1. The lowest BCUT2D eigenvalue weighted by molar-refractivity contribution is -0.140. The molecule has 0 saturated carbocycles. The highest BCUT2D eigenvalue weighted by molar-refractivity contribution is 6.46. The molecule has 1 unspecified atom stereocenters. The molecule has 0 radical (unpaired) electrons. The molecular weight excluding hydrogens is 430 g/mol. The molecule has 2 aromatic rings. The largest absolute Gasteiger partial charge is 0.507 e. The van der Waals surface area contributed by atoms with E-state index in [1.165, 1.54) is 0 Å². The van der Waals surface area contributed by atoms with E-state index in [0.29, 0.717) is 31.0 Å². The van der Waals surface area contributed by atoms with E-state index in [1.807, 2.05) is 24.3 Å². The van der Waals surface area contributed by atoms with Gasteiger partial charge in [-0.1, -0.05) is 45.7 Å².